The van der Waals surface area contributed by atoms with E-state index in [1.165, 1.54) is 5.43 Å². The third-order valence-electron chi connectivity index (χ3n) is 0.316. The quantitative estimate of drug-likeness (QED) is 0.119. The predicted octanol–water partition coefficient (Wildman–Crippen LogP) is -2.09. The maximum absolute atomic E-state index is 10.5. The van der Waals surface area contributed by atoms with E-state index in [-0.39, 0.29) is 0 Å². The number of nitrogens with two attached hydrogens (primary N) is 3. The molecule has 0 saturated heterocycles. The summed E-state index contributed by atoms with van der Waals surface area (Å²) in [6.45, 7) is -8.86. The van der Waals surface area contributed by atoms with Crippen molar-refractivity contribution in [2.75, 3.05) is 0 Å². The molecule has 0 atom stereocenters. The molecule has 84 valence electrons. The van der Waals surface area contributed by atoms with Crippen LogP contribution in [-0.4, -0.2) is 17.8 Å². The Morgan fingerprint density at radius 1 is 1.14 bits per heavy atom. The first-order valence-corrected chi connectivity index (χ1v) is 2.64. The molecule has 0 bridgehead atoms. The number of nitrogens with one attached hydrogen (secondary N) is 1. The van der Waals surface area contributed by atoms with Crippen LogP contribution < -0.4 is 23.0 Å². The molecule has 0 unspecified atom stereocenters. The topological polar surface area (TPSA) is 151 Å². The highest BCUT2D eigenvalue weighted by atomic mass is 16.6. The number of amides is 1. The van der Waals surface area contributed by atoms with Gasteiger partial charge in [-0.3, -0.25) is 31.5 Å². The molecule has 0 aliphatic heterocycles. The Balaban J connectivity index is -0.000000343. The smallest absolute Gasteiger partial charge is 0.310 e. The van der Waals surface area contributed by atoms with Crippen molar-refractivity contribution < 1.29 is 31.5 Å². The molecule has 14 heavy (non-hydrogen) atoms. The predicted molar refractivity (Wildman–Crippen MR) is 48.8 cm³/mol. The minimum atomic E-state index is -3.12. The fourth-order valence-electron chi connectivity index (χ4n) is 0.0842. The third-order valence-corrected chi connectivity index (χ3v) is 0.316. The fourth-order valence-corrected chi connectivity index (χ4v) is 0.0842. The molecule has 0 aliphatic carbocycles. The number of hydrogen-bond acceptors (Lipinski definition) is 7. The van der Waals surface area contributed by atoms with Crippen molar-refractivity contribution in [2.45, 2.75) is 20.6 Å². The first-order valence-electron chi connectivity index (χ1n) is 7.14. The number of esters is 2. The second-order valence-electron chi connectivity index (χ2n) is 1.15. The van der Waals surface area contributed by atoms with Crippen LogP contribution in [-0.2, 0) is 19.1 Å². The number of hydrogen-bond donors (Lipinski definition) is 4. The highest BCUT2D eigenvalue weighted by Crippen LogP contribution is 1.73. The zero-order chi connectivity index (χ0) is 19.6. The van der Waals surface area contributed by atoms with Gasteiger partial charge in [0.1, 0.15) is 0 Å². The van der Waals surface area contributed by atoms with Crippen molar-refractivity contribution in [3.8, 4) is 0 Å². The summed E-state index contributed by atoms with van der Waals surface area (Å²) < 4.78 is 61.5. The first kappa shape index (κ1) is 4.82. The Labute approximate surface area is 94.3 Å². The van der Waals surface area contributed by atoms with E-state index in [0.29, 0.717) is 0 Å². The van der Waals surface area contributed by atoms with Gasteiger partial charge >= 0.3 is 11.9 Å². The van der Waals surface area contributed by atoms with Crippen molar-refractivity contribution in [3.63, 3.8) is 0 Å². The van der Waals surface area contributed by atoms with Gasteiger partial charge in [-0.25, -0.2) is 5.84 Å². The van der Waals surface area contributed by atoms with Gasteiger partial charge < -0.3 is 4.74 Å². The molecule has 0 rings (SSSR count). The van der Waals surface area contributed by atoms with E-state index in [0.717, 1.165) is 0 Å². The van der Waals surface area contributed by atoms with Crippen molar-refractivity contribution in [3.05, 3.63) is 0 Å². The largest absolute Gasteiger partial charge is 0.394 e. The molecular weight excluding hydrogens is 192 g/mol. The third kappa shape index (κ3) is 46.9. The van der Waals surface area contributed by atoms with Crippen LogP contribution in [0.25, 0.3) is 0 Å². The minimum Gasteiger partial charge on any atom is -0.394 e. The van der Waals surface area contributed by atoms with Crippen molar-refractivity contribution in [1.82, 2.24) is 5.43 Å². The standard InChI is InChI=1S/C4H6O3.C2H6N2O.H4N2/c1-3(5)7-4(2)6;1-2(5)4-3;1-2/h1-2H3;3H2,1H3,(H,4,5);1-2H2/i1D3,2D3;1D3;. The number of rotatable bonds is 0. The molecule has 0 aromatic carbocycles. The first-order chi connectivity index (χ1) is 10.0. The van der Waals surface area contributed by atoms with Crippen LogP contribution in [0.2, 0.25) is 0 Å². The van der Waals surface area contributed by atoms with Gasteiger partial charge in [-0.05, 0) is 0 Å². The summed E-state index contributed by atoms with van der Waals surface area (Å²) in [5.41, 5.74) is 1.50. The maximum atomic E-state index is 10.5. The van der Waals surface area contributed by atoms with E-state index >= 15 is 0 Å². The van der Waals surface area contributed by atoms with E-state index < -0.39 is 38.4 Å². The molecular formula is C6H16N4O4. The number of ether oxygens (including phenoxy) is 1. The summed E-state index contributed by atoms with van der Waals surface area (Å²) >= 11 is 0. The molecule has 0 saturated carbocycles. The summed E-state index contributed by atoms with van der Waals surface area (Å²) in [6, 6.07) is 0. The molecule has 0 aromatic heterocycles. The normalized spacial score (nSPS) is 18.9. The van der Waals surface area contributed by atoms with Crippen LogP contribution in [0.15, 0.2) is 0 Å². The zero-order valence-corrected chi connectivity index (χ0v) is 6.87. The molecule has 0 spiro atoms. The van der Waals surface area contributed by atoms with Gasteiger partial charge in [0.15, 0.2) is 0 Å². The Bertz CT molecular complexity index is 378. The van der Waals surface area contributed by atoms with Crippen LogP contribution >= 0.6 is 0 Å². The van der Waals surface area contributed by atoms with Crippen LogP contribution in [0.3, 0.4) is 0 Å². The lowest BCUT2D eigenvalue weighted by Gasteiger charge is -1.87. The van der Waals surface area contributed by atoms with E-state index in [2.05, 4.69) is 22.3 Å². The maximum Gasteiger partial charge on any atom is 0.310 e. The van der Waals surface area contributed by atoms with Gasteiger partial charge in [-0.1, -0.05) is 0 Å². The summed E-state index contributed by atoms with van der Waals surface area (Å²) in [5.74, 6) is 7.68. The molecule has 8 nitrogen and oxygen atoms in total. The van der Waals surface area contributed by atoms with E-state index in [4.69, 9.17) is 12.3 Å². The van der Waals surface area contributed by atoms with Gasteiger partial charge in [0.25, 0.3) is 0 Å². The second kappa shape index (κ2) is 14.0. The fraction of sp³-hybridized carbons (Fsp3) is 0.500. The van der Waals surface area contributed by atoms with Gasteiger partial charge in [-0.15, -0.1) is 0 Å². The molecule has 8 heteroatoms. The molecule has 0 heterocycles. The van der Waals surface area contributed by atoms with E-state index in [1.807, 2.05) is 0 Å². The SMILES string of the molecule is NN.[2H]C([2H])([2H])C(=O)NN.[2H]C([2H])([2H])C(=O)OC(=O)C([2H])([2H])[2H]. The van der Waals surface area contributed by atoms with Crippen molar-refractivity contribution >= 4 is 17.8 Å². The monoisotopic (exact) mass is 217 g/mol. The summed E-state index contributed by atoms with van der Waals surface area (Å²) in [7, 11) is 0. The Morgan fingerprint density at radius 2 is 1.57 bits per heavy atom. The lowest BCUT2D eigenvalue weighted by Crippen LogP contribution is -2.26. The van der Waals surface area contributed by atoms with E-state index in [9.17, 15) is 14.4 Å². The highest BCUT2D eigenvalue weighted by molar-refractivity contribution is 5.82. The average Bonchev–Trinajstić information content (AvgIpc) is 2.37. The van der Waals surface area contributed by atoms with Crippen LogP contribution in [0.5, 0.6) is 0 Å². The Morgan fingerprint density at radius 3 is 1.71 bits per heavy atom. The lowest BCUT2D eigenvalue weighted by atomic mass is 10.7. The molecule has 0 aromatic rings. The summed E-state index contributed by atoms with van der Waals surface area (Å²) in [5, 5.41) is 0. The summed E-state index contributed by atoms with van der Waals surface area (Å²) in [4.78, 5) is 31.0. The van der Waals surface area contributed by atoms with Crippen molar-refractivity contribution in [2.24, 2.45) is 17.5 Å². The van der Waals surface area contributed by atoms with E-state index in [1.54, 1.807) is 0 Å². The van der Waals surface area contributed by atoms with Gasteiger partial charge in [-0.2, -0.15) is 0 Å². The lowest BCUT2D eigenvalue weighted by molar-refractivity contribution is -0.156. The average molecular weight is 217 g/mol. The Hall–Kier alpha value is -1.51. The van der Waals surface area contributed by atoms with Gasteiger partial charge in [0.2, 0.25) is 5.91 Å². The summed E-state index contributed by atoms with van der Waals surface area (Å²) in [6.07, 6.45) is 0. The molecule has 1 amide bonds. The molecule has 0 radical (unpaired) electrons. The van der Waals surface area contributed by atoms with Crippen LogP contribution in [0.1, 0.15) is 32.9 Å². The number of carbonyl (C=O) groups is 3. The Kier molecular flexibility index (Phi) is 4.84. The van der Waals surface area contributed by atoms with Crippen LogP contribution in [0.4, 0.5) is 0 Å². The van der Waals surface area contributed by atoms with Gasteiger partial charge in [0.05, 0.1) is 0 Å². The van der Waals surface area contributed by atoms with Gasteiger partial charge in [0, 0.05) is 32.9 Å². The highest BCUT2D eigenvalue weighted by Gasteiger charge is 1.93. The second-order valence-corrected chi connectivity index (χ2v) is 1.15. The minimum absolute atomic E-state index is 1.14. The van der Waals surface area contributed by atoms with Crippen LogP contribution in [0, 0.1) is 0 Å². The molecule has 0 aliphatic rings. The molecule has 7 N–H and O–H groups in total. The number of hydrazine groups is 2. The van der Waals surface area contributed by atoms with Crippen molar-refractivity contribution in [1.29, 1.82) is 0 Å². The zero-order valence-electron chi connectivity index (χ0n) is 15.9. The number of carbonyl (C=O) groups excluding carboxylic acids is 3. The molecule has 0 fully saturated rings.